The lowest BCUT2D eigenvalue weighted by molar-refractivity contribution is 0.0207. The lowest BCUT2D eigenvalue weighted by atomic mass is 10.1. The van der Waals surface area contributed by atoms with Gasteiger partial charge in [0.1, 0.15) is 17.0 Å². The summed E-state index contributed by atoms with van der Waals surface area (Å²) in [5.74, 6) is -0.318. The number of hydrogen-bond acceptors (Lipinski definition) is 8. The molecule has 0 bridgehead atoms. The van der Waals surface area contributed by atoms with Gasteiger partial charge in [-0.1, -0.05) is 23.4 Å². The fourth-order valence-corrected chi connectivity index (χ4v) is 4.45. The number of carbonyl (C=O) groups excluding carboxylic acids is 2. The molecule has 212 valence electrons. The lowest BCUT2D eigenvalue weighted by Gasteiger charge is -2.32. The number of allylic oxidation sites excluding steroid dienone is 1. The summed E-state index contributed by atoms with van der Waals surface area (Å²) in [6.45, 7) is 6.66. The Morgan fingerprint density at radius 3 is 2.56 bits per heavy atom. The number of fused-ring (bicyclic) bond motifs is 1. The number of aromatic amines is 1. The number of nitrogens with two attached hydrogens (primary N) is 1. The van der Waals surface area contributed by atoms with Crippen molar-refractivity contribution in [1.29, 1.82) is 0 Å². The highest BCUT2D eigenvalue weighted by Gasteiger charge is 2.26. The molecule has 4 N–H and O–H groups in total. The van der Waals surface area contributed by atoms with Crippen molar-refractivity contribution in [2.75, 3.05) is 13.1 Å². The van der Waals surface area contributed by atoms with Gasteiger partial charge in [-0.15, -0.1) is 5.10 Å². The zero-order valence-electron chi connectivity index (χ0n) is 23.2. The molecule has 0 atom stereocenters. The minimum Gasteiger partial charge on any atom is -0.444 e. The Balaban J connectivity index is 1.16. The van der Waals surface area contributed by atoms with E-state index in [1.54, 1.807) is 46.3 Å². The molecule has 4 aromatic rings. The second kappa shape index (κ2) is 11.6. The second-order valence-corrected chi connectivity index (χ2v) is 10.8. The number of hydrogen-bond donors (Lipinski definition) is 3. The number of aliphatic imine (C=N–C) groups is 1. The van der Waals surface area contributed by atoms with E-state index in [0.29, 0.717) is 42.9 Å². The Morgan fingerprint density at radius 2 is 1.85 bits per heavy atom. The molecule has 12 heteroatoms. The Labute approximate surface area is 237 Å². The molecule has 2 aromatic carbocycles. The minimum absolute atomic E-state index is 0.0202. The van der Waals surface area contributed by atoms with Crippen LogP contribution >= 0.6 is 0 Å². The average molecular weight is 556 g/mol. The Kier molecular flexibility index (Phi) is 7.81. The summed E-state index contributed by atoms with van der Waals surface area (Å²) >= 11 is 0. The van der Waals surface area contributed by atoms with Crippen molar-refractivity contribution in [1.82, 2.24) is 35.4 Å². The van der Waals surface area contributed by atoms with Crippen molar-refractivity contribution in [2.24, 2.45) is 10.7 Å². The molecule has 3 heterocycles. The van der Waals surface area contributed by atoms with E-state index < -0.39 is 5.60 Å². The molecular weight excluding hydrogens is 522 g/mol. The van der Waals surface area contributed by atoms with E-state index in [9.17, 15) is 9.59 Å². The van der Waals surface area contributed by atoms with E-state index in [1.165, 1.54) is 6.20 Å². The number of nitrogens with zero attached hydrogens (tertiary/aromatic N) is 6. The summed E-state index contributed by atoms with van der Waals surface area (Å²) in [6, 6.07) is 14.8. The topological polar surface area (TPSA) is 156 Å². The SMILES string of the molecule is CC(C)(C)OC(=O)N1CCC(N=CC(=CN)NC(=O)c2ccc(-n3cc(-c4n[nH]c5ccccc45)nn3)cc2)CC1. The third kappa shape index (κ3) is 6.60. The maximum absolute atomic E-state index is 12.9. The van der Waals surface area contributed by atoms with Crippen molar-refractivity contribution < 1.29 is 14.3 Å². The maximum atomic E-state index is 12.9. The van der Waals surface area contributed by atoms with Crippen LogP contribution in [0.4, 0.5) is 4.79 Å². The molecule has 5 rings (SSSR count). The number of nitrogens with one attached hydrogen (secondary N) is 2. The molecule has 12 nitrogen and oxygen atoms in total. The molecule has 1 saturated heterocycles. The fourth-order valence-electron chi connectivity index (χ4n) is 4.45. The van der Waals surface area contributed by atoms with Gasteiger partial charge < -0.3 is 20.7 Å². The van der Waals surface area contributed by atoms with Gasteiger partial charge in [0, 0.05) is 36.5 Å². The van der Waals surface area contributed by atoms with E-state index >= 15 is 0 Å². The van der Waals surface area contributed by atoms with Crippen molar-refractivity contribution in [3.8, 4) is 17.1 Å². The van der Waals surface area contributed by atoms with Crippen LogP contribution in [0.1, 0.15) is 44.0 Å². The third-order valence-electron chi connectivity index (χ3n) is 6.58. The third-order valence-corrected chi connectivity index (χ3v) is 6.58. The number of aromatic nitrogens is 5. The molecule has 1 aliphatic rings. The summed E-state index contributed by atoms with van der Waals surface area (Å²) in [5.41, 5.74) is 9.09. The van der Waals surface area contributed by atoms with Crippen molar-refractivity contribution in [3.63, 3.8) is 0 Å². The van der Waals surface area contributed by atoms with Crippen LogP contribution in [0.5, 0.6) is 0 Å². The van der Waals surface area contributed by atoms with Crippen LogP contribution in [0.15, 0.2) is 71.6 Å². The molecule has 0 radical (unpaired) electrons. The van der Waals surface area contributed by atoms with Crippen molar-refractivity contribution in [3.05, 3.63) is 72.2 Å². The number of likely N-dealkylation sites (tertiary alicyclic amines) is 1. The van der Waals surface area contributed by atoms with Gasteiger partial charge in [0.05, 0.1) is 29.1 Å². The minimum atomic E-state index is -0.526. The molecular formula is C29H33N9O3. The number of amides is 2. The monoisotopic (exact) mass is 555 g/mol. The van der Waals surface area contributed by atoms with Gasteiger partial charge >= 0.3 is 6.09 Å². The molecule has 1 aliphatic heterocycles. The number of rotatable bonds is 6. The standard InChI is InChI=1S/C29H33N9O3/c1-29(2,3)41-28(40)37-14-12-20(13-15-37)31-17-21(16-30)32-27(39)19-8-10-22(11-9-19)38-18-25(34-36-38)26-23-6-4-5-7-24(23)33-35-26/h4-11,16-18,20H,12-15,30H2,1-3H3,(H,32,39)(H,33,35). The molecule has 0 unspecified atom stereocenters. The van der Waals surface area contributed by atoms with Crippen LogP contribution in [0.2, 0.25) is 0 Å². The van der Waals surface area contributed by atoms with E-state index in [2.05, 4.69) is 30.8 Å². The summed E-state index contributed by atoms with van der Waals surface area (Å²) in [4.78, 5) is 31.4. The molecule has 41 heavy (non-hydrogen) atoms. The van der Waals surface area contributed by atoms with Crippen molar-refractivity contribution in [2.45, 2.75) is 45.3 Å². The predicted octanol–water partition coefficient (Wildman–Crippen LogP) is 3.81. The summed E-state index contributed by atoms with van der Waals surface area (Å²) in [6.07, 6.45) is 5.75. The van der Waals surface area contributed by atoms with Gasteiger partial charge in [-0.05, 0) is 63.9 Å². The maximum Gasteiger partial charge on any atom is 0.410 e. The van der Waals surface area contributed by atoms with Crippen LogP contribution in [0.3, 0.4) is 0 Å². The molecule has 0 aliphatic carbocycles. The zero-order valence-corrected chi connectivity index (χ0v) is 23.2. The van der Waals surface area contributed by atoms with Gasteiger partial charge in [0.15, 0.2) is 0 Å². The van der Waals surface area contributed by atoms with Crippen LogP contribution in [0.25, 0.3) is 28.0 Å². The first-order valence-electron chi connectivity index (χ1n) is 13.4. The number of ether oxygens (including phenoxy) is 1. The first-order chi connectivity index (χ1) is 19.7. The highest BCUT2D eigenvalue weighted by atomic mass is 16.6. The van der Waals surface area contributed by atoms with Gasteiger partial charge in [-0.2, -0.15) is 5.10 Å². The lowest BCUT2D eigenvalue weighted by Crippen LogP contribution is -2.42. The number of carbonyl (C=O) groups is 2. The summed E-state index contributed by atoms with van der Waals surface area (Å²) in [7, 11) is 0. The van der Waals surface area contributed by atoms with Gasteiger partial charge in [0.2, 0.25) is 0 Å². The first-order valence-corrected chi connectivity index (χ1v) is 13.4. The van der Waals surface area contributed by atoms with E-state index in [0.717, 1.165) is 22.3 Å². The van der Waals surface area contributed by atoms with Crippen LogP contribution in [0, 0.1) is 0 Å². The van der Waals surface area contributed by atoms with Crippen molar-refractivity contribution >= 4 is 29.1 Å². The molecule has 0 spiro atoms. The molecule has 2 aromatic heterocycles. The number of para-hydroxylation sites is 1. The number of piperidine rings is 1. The predicted molar refractivity (Wildman–Crippen MR) is 156 cm³/mol. The quantitative estimate of drug-likeness (QED) is 0.305. The summed E-state index contributed by atoms with van der Waals surface area (Å²) < 4.78 is 7.07. The van der Waals surface area contributed by atoms with Gasteiger partial charge in [-0.3, -0.25) is 14.9 Å². The average Bonchev–Trinajstić information content (AvgIpc) is 3.62. The highest BCUT2D eigenvalue weighted by molar-refractivity contribution is 5.99. The Morgan fingerprint density at radius 1 is 1.12 bits per heavy atom. The summed E-state index contributed by atoms with van der Waals surface area (Å²) in [5, 5.41) is 19.6. The smallest absolute Gasteiger partial charge is 0.410 e. The Hall–Kier alpha value is -5.00. The van der Waals surface area contributed by atoms with Gasteiger partial charge in [0.25, 0.3) is 5.91 Å². The highest BCUT2D eigenvalue weighted by Crippen LogP contribution is 2.25. The zero-order chi connectivity index (χ0) is 29.0. The first kappa shape index (κ1) is 27.6. The molecule has 0 saturated carbocycles. The van der Waals surface area contributed by atoms with E-state index in [1.807, 2.05) is 45.0 Å². The Bertz CT molecular complexity index is 1590. The largest absolute Gasteiger partial charge is 0.444 e. The van der Waals surface area contributed by atoms with E-state index in [-0.39, 0.29) is 18.0 Å². The number of benzene rings is 2. The van der Waals surface area contributed by atoms with E-state index in [4.69, 9.17) is 10.5 Å². The normalized spacial score (nSPS) is 15.0. The van der Waals surface area contributed by atoms with Crippen LogP contribution in [-0.4, -0.2) is 73.0 Å². The second-order valence-electron chi connectivity index (χ2n) is 10.8. The van der Waals surface area contributed by atoms with Crippen LogP contribution in [-0.2, 0) is 4.74 Å². The number of H-pyrrole nitrogens is 1. The van der Waals surface area contributed by atoms with Crippen LogP contribution < -0.4 is 11.1 Å². The molecule has 2 amide bonds. The molecule has 1 fully saturated rings. The van der Waals surface area contributed by atoms with Gasteiger partial charge in [-0.25, -0.2) is 9.48 Å². The fraction of sp³-hybridized carbons (Fsp3) is 0.310.